The second-order valence-electron chi connectivity index (χ2n) is 6.82. The van der Waals surface area contributed by atoms with Gasteiger partial charge in [0.05, 0.1) is 35.9 Å². The molecule has 1 N–H and O–H groups in total. The summed E-state index contributed by atoms with van der Waals surface area (Å²) in [4.78, 5) is 18.0. The molecule has 3 heterocycles. The zero-order chi connectivity index (χ0) is 17.5. The molecule has 0 spiro atoms. The summed E-state index contributed by atoms with van der Waals surface area (Å²) < 4.78 is 11.2. The van der Waals surface area contributed by atoms with Gasteiger partial charge in [-0.25, -0.2) is 0 Å². The number of hydrogen-bond acceptors (Lipinski definition) is 5. The van der Waals surface area contributed by atoms with Crippen LogP contribution in [0.5, 0.6) is 0 Å². The van der Waals surface area contributed by atoms with E-state index < -0.39 is 0 Å². The lowest BCUT2D eigenvalue weighted by Crippen LogP contribution is -2.38. The molecule has 26 heavy (non-hydrogen) atoms. The van der Waals surface area contributed by atoms with Gasteiger partial charge in [-0.15, -0.1) is 0 Å². The van der Waals surface area contributed by atoms with Crippen LogP contribution in [0.4, 0.5) is 11.4 Å². The standard InChI is InChI=1S/C21H18N2O3/c24-17-12-13(18-7-3-9-25-18)11-16-20(17)21(19-8-4-10-26-19)23-15-6-2-1-5-14(15)22-16/h1-10,13,20-21,23H,11-12H2. The molecule has 2 aliphatic rings. The van der Waals surface area contributed by atoms with E-state index in [1.54, 1.807) is 12.5 Å². The Balaban J connectivity index is 1.61. The maximum atomic E-state index is 13.1. The minimum atomic E-state index is -0.334. The van der Waals surface area contributed by atoms with Crippen LogP contribution in [0.1, 0.15) is 36.3 Å². The van der Waals surface area contributed by atoms with Gasteiger partial charge in [-0.2, -0.15) is 0 Å². The molecular weight excluding hydrogens is 328 g/mol. The first-order valence-electron chi connectivity index (χ1n) is 8.82. The molecule has 1 aromatic carbocycles. The Labute approximate surface area is 150 Å². The van der Waals surface area contributed by atoms with Crippen LogP contribution in [0.25, 0.3) is 0 Å². The molecule has 1 saturated carbocycles. The predicted octanol–water partition coefficient (Wildman–Crippen LogP) is 4.87. The second-order valence-corrected chi connectivity index (χ2v) is 6.82. The van der Waals surface area contributed by atoms with Crippen molar-refractivity contribution < 1.29 is 13.6 Å². The van der Waals surface area contributed by atoms with Crippen LogP contribution in [0.15, 0.2) is 74.9 Å². The number of anilines is 1. The summed E-state index contributed by atoms with van der Waals surface area (Å²) in [7, 11) is 0. The van der Waals surface area contributed by atoms with Crippen molar-refractivity contribution in [1.29, 1.82) is 0 Å². The van der Waals surface area contributed by atoms with Crippen molar-refractivity contribution in [3.05, 3.63) is 72.6 Å². The molecule has 130 valence electrons. The average Bonchev–Trinajstić information content (AvgIpc) is 3.33. The van der Waals surface area contributed by atoms with Crippen molar-refractivity contribution in [2.45, 2.75) is 24.8 Å². The van der Waals surface area contributed by atoms with Gasteiger partial charge in [0, 0.05) is 18.1 Å². The van der Waals surface area contributed by atoms with Crippen molar-refractivity contribution in [2.24, 2.45) is 10.9 Å². The van der Waals surface area contributed by atoms with E-state index in [2.05, 4.69) is 5.32 Å². The summed E-state index contributed by atoms with van der Waals surface area (Å²) in [6.07, 6.45) is 4.45. The number of carbonyl (C=O) groups excluding carboxylic acids is 1. The quantitative estimate of drug-likeness (QED) is 0.718. The van der Waals surface area contributed by atoms with Crippen LogP contribution in [0.3, 0.4) is 0 Å². The molecule has 1 fully saturated rings. The maximum absolute atomic E-state index is 13.1. The smallest absolute Gasteiger partial charge is 0.144 e. The fourth-order valence-electron chi connectivity index (χ4n) is 4.03. The first kappa shape index (κ1) is 15.2. The Bertz CT molecular complexity index is 957. The number of Topliss-reactive ketones (excluding diaryl/α,β-unsaturated/α-hetero) is 1. The van der Waals surface area contributed by atoms with Crippen molar-refractivity contribution >= 4 is 22.9 Å². The van der Waals surface area contributed by atoms with Gasteiger partial charge in [0.2, 0.25) is 0 Å². The lowest BCUT2D eigenvalue weighted by atomic mass is 9.74. The Morgan fingerprint density at radius 1 is 0.923 bits per heavy atom. The number of furan rings is 2. The number of nitrogens with one attached hydrogen (secondary N) is 1. The minimum Gasteiger partial charge on any atom is -0.469 e. The second kappa shape index (κ2) is 6.02. The van der Waals surface area contributed by atoms with E-state index in [1.165, 1.54) is 0 Å². The van der Waals surface area contributed by atoms with Crippen molar-refractivity contribution in [2.75, 3.05) is 5.32 Å². The first-order chi connectivity index (χ1) is 12.8. The monoisotopic (exact) mass is 346 g/mol. The first-order valence-corrected chi connectivity index (χ1v) is 8.82. The maximum Gasteiger partial charge on any atom is 0.144 e. The summed E-state index contributed by atoms with van der Waals surface area (Å²) in [5.74, 6) is 1.47. The number of aliphatic imine (C=N–C) groups is 1. The normalized spacial score (nSPS) is 24.8. The molecule has 3 unspecified atom stereocenters. The number of carbonyl (C=O) groups is 1. The summed E-state index contributed by atoms with van der Waals surface area (Å²) >= 11 is 0. The fraction of sp³-hybridized carbons (Fsp3) is 0.238. The number of nitrogens with zero attached hydrogens (tertiary/aromatic N) is 1. The fourth-order valence-corrected chi connectivity index (χ4v) is 4.03. The van der Waals surface area contributed by atoms with E-state index >= 15 is 0 Å². The summed E-state index contributed by atoms with van der Waals surface area (Å²) in [5, 5.41) is 3.49. The lowest BCUT2D eigenvalue weighted by molar-refractivity contribution is -0.122. The zero-order valence-corrected chi connectivity index (χ0v) is 14.1. The third-order valence-corrected chi connectivity index (χ3v) is 5.22. The number of para-hydroxylation sites is 2. The molecule has 0 radical (unpaired) electrons. The van der Waals surface area contributed by atoms with Gasteiger partial charge >= 0.3 is 0 Å². The van der Waals surface area contributed by atoms with Gasteiger partial charge in [-0.3, -0.25) is 9.79 Å². The van der Waals surface area contributed by atoms with Gasteiger partial charge in [0.15, 0.2) is 0 Å². The molecule has 5 rings (SSSR count). The Morgan fingerprint density at radius 3 is 2.46 bits per heavy atom. The van der Waals surface area contributed by atoms with E-state index in [9.17, 15) is 4.79 Å². The zero-order valence-electron chi connectivity index (χ0n) is 14.1. The van der Waals surface area contributed by atoms with Crippen LogP contribution >= 0.6 is 0 Å². The van der Waals surface area contributed by atoms with Crippen LogP contribution in [0, 0.1) is 5.92 Å². The largest absolute Gasteiger partial charge is 0.469 e. The molecule has 1 aliphatic carbocycles. The van der Waals surface area contributed by atoms with Crippen molar-refractivity contribution in [3.63, 3.8) is 0 Å². The summed E-state index contributed by atoms with van der Waals surface area (Å²) in [6, 6.07) is 15.2. The Kier molecular flexibility index (Phi) is 3.52. The molecule has 1 aliphatic heterocycles. The number of rotatable bonds is 2. The minimum absolute atomic E-state index is 0.0370. The number of hydrogen-bond donors (Lipinski definition) is 1. The summed E-state index contributed by atoms with van der Waals surface area (Å²) in [6.45, 7) is 0. The molecule has 5 heteroatoms. The Morgan fingerprint density at radius 2 is 1.69 bits per heavy atom. The highest BCUT2D eigenvalue weighted by Gasteiger charge is 2.43. The van der Waals surface area contributed by atoms with Gasteiger partial charge in [-0.1, -0.05) is 12.1 Å². The topological polar surface area (TPSA) is 67.7 Å². The van der Waals surface area contributed by atoms with Crippen LogP contribution in [0.2, 0.25) is 0 Å². The third-order valence-electron chi connectivity index (χ3n) is 5.22. The van der Waals surface area contributed by atoms with Gasteiger partial charge < -0.3 is 14.2 Å². The predicted molar refractivity (Wildman–Crippen MR) is 97.8 cm³/mol. The van der Waals surface area contributed by atoms with E-state index in [4.69, 9.17) is 13.8 Å². The number of benzene rings is 1. The molecular formula is C21H18N2O3. The lowest BCUT2D eigenvalue weighted by Gasteiger charge is -2.31. The summed E-state index contributed by atoms with van der Waals surface area (Å²) in [5.41, 5.74) is 2.66. The molecule has 5 nitrogen and oxygen atoms in total. The molecule has 3 atom stereocenters. The molecule has 3 aromatic rings. The highest BCUT2D eigenvalue weighted by Crippen LogP contribution is 2.43. The van der Waals surface area contributed by atoms with Crippen LogP contribution in [-0.2, 0) is 4.79 Å². The third kappa shape index (κ3) is 2.47. The molecule has 2 aromatic heterocycles. The SMILES string of the molecule is O=C1CC(c2ccco2)CC2=Nc3ccccc3NC(c3ccco3)C12. The highest BCUT2D eigenvalue weighted by molar-refractivity contribution is 6.10. The van der Waals surface area contributed by atoms with Gasteiger partial charge in [0.25, 0.3) is 0 Å². The number of ketones is 1. The van der Waals surface area contributed by atoms with Crippen LogP contribution in [-0.4, -0.2) is 11.5 Å². The van der Waals surface area contributed by atoms with E-state index in [1.807, 2.05) is 48.5 Å². The Hall–Kier alpha value is -3.08. The molecule has 0 amide bonds. The highest BCUT2D eigenvalue weighted by atomic mass is 16.3. The van der Waals surface area contributed by atoms with E-state index in [0.717, 1.165) is 28.6 Å². The van der Waals surface area contributed by atoms with E-state index in [-0.39, 0.29) is 23.7 Å². The van der Waals surface area contributed by atoms with Gasteiger partial charge in [0.1, 0.15) is 17.3 Å². The van der Waals surface area contributed by atoms with Gasteiger partial charge in [-0.05, 0) is 42.8 Å². The average molecular weight is 346 g/mol. The molecule has 0 bridgehead atoms. The number of fused-ring (bicyclic) bond motifs is 2. The molecule has 0 saturated heterocycles. The van der Waals surface area contributed by atoms with Crippen LogP contribution < -0.4 is 5.32 Å². The van der Waals surface area contributed by atoms with Crippen molar-refractivity contribution in [3.8, 4) is 0 Å². The van der Waals surface area contributed by atoms with E-state index in [0.29, 0.717) is 12.8 Å². The van der Waals surface area contributed by atoms with Crippen molar-refractivity contribution in [1.82, 2.24) is 0 Å².